The summed E-state index contributed by atoms with van der Waals surface area (Å²) in [4.78, 5) is 42.5. The molecule has 4 aromatic rings. The van der Waals surface area contributed by atoms with Gasteiger partial charge in [-0.15, -0.1) is 0 Å². The third-order valence-electron chi connectivity index (χ3n) is 12.5. The lowest BCUT2D eigenvalue weighted by molar-refractivity contribution is -0.132. The topological polar surface area (TPSA) is 96.4 Å². The Morgan fingerprint density at radius 3 is 2.05 bits per heavy atom. The fraction of sp³-hybridized carbons (Fsp3) is 0.413. The van der Waals surface area contributed by atoms with Crippen molar-refractivity contribution < 1.29 is 19.5 Å². The van der Waals surface area contributed by atoms with Crippen molar-refractivity contribution in [2.45, 2.75) is 63.3 Å². The second-order valence-corrected chi connectivity index (χ2v) is 16.1. The van der Waals surface area contributed by atoms with Gasteiger partial charge in [0.15, 0.2) is 0 Å². The number of amides is 3. The minimum Gasteiger partial charge on any atom is -0.508 e. The summed E-state index contributed by atoms with van der Waals surface area (Å²) in [7, 11) is 1.88. The van der Waals surface area contributed by atoms with Gasteiger partial charge in [-0.25, -0.2) is 0 Å². The fourth-order valence-corrected chi connectivity index (χ4v) is 9.44. The first-order valence-electron chi connectivity index (χ1n) is 20.2. The van der Waals surface area contributed by atoms with Crippen LogP contribution in [0.25, 0.3) is 0 Å². The normalized spacial score (nSPS) is 21.8. The number of piperidine rings is 2. The number of hydrogen-bond acceptors (Lipinski definition) is 7. The first-order chi connectivity index (χ1) is 26.8. The highest BCUT2D eigenvalue weighted by Gasteiger charge is 2.33. The Morgan fingerprint density at radius 2 is 1.36 bits per heavy atom. The van der Waals surface area contributed by atoms with Crippen molar-refractivity contribution >= 4 is 29.1 Å². The van der Waals surface area contributed by atoms with E-state index in [-0.39, 0.29) is 23.6 Å². The second-order valence-electron chi connectivity index (χ2n) is 16.1. The molecule has 0 radical (unpaired) electrons. The van der Waals surface area contributed by atoms with Crippen molar-refractivity contribution in [3.05, 3.63) is 124 Å². The molecule has 5 aliphatic rings. The Morgan fingerprint density at radius 1 is 0.673 bits per heavy atom. The molecule has 0 saturated carbocycles. The SMILES string of the molecule is CN1Cc2cc(N3CCN(CC4CCN(c5ccc(C6c7ccc(O)cc7CCC6c6ccccc6)cc5)CC4)CC3)ccc2C1=O.O=C1CCCC(=O)N1. The van der Waals surface area contributed by atoms with Gasteiger partial charge in [0.1, 0.15) is 5.75 Å². The number of carbonyl (C=O) groups is 3. The summed E-state index contributed by atoms with van der Waals surface area (Å²) in [5, 5.41) is 12.4. The molecule has 3 saturated heterocycles. The van der Waals surface area contributed by atoms with Gasteiger partial charge in [0, 0.05) is 95.1 Å². The molecule has 2 N–H and O–H groups in total. The summed E-state index contributed by atoms with van der Waals surface area (Å²) in [6, 6.07) is 32.8. The molecule has 9 rings (SSSR count). The van der Waals surface area contributed by atoms with Crippen molar-refractivity contribution in [2.75, 3.05) is 62.7 Å². The Kier molecular flexibility index (Phi) is 10.9. The highest BCUT2D eigenvalue weighted by Crippen LogP contribution is 2.47. The number of fused-ring (bicyclic) bond motifs is 2. The van der Waals surface area contributed by atoms with Crippen LogP contribution >= 0.6 is 0 Å². The summed E-state index contributed by atoms with van der Waals surface area (Å²) in [6.45, 7) is 8.45. The molecule has 9 heteroatoms. The molecule has 9 nitrogen and oxygen atoms in total. The lowest BCUT2D eigenvalue weighted by Crippen LogP contribution is -2.49. The molecule has 0 spiro atoms. The van der Waals surface area contributed by atoms with Gasteiger partial charge in [-0.3, -0.25) is 24.6 Å². The largest absolute Gasteiger partial charge is 0.508 e. The van der Waals surface area contributed by atoms with Crippen LogP contribution in [0, 0.1) is 5.92 Å². The van der Waals surface area contributed by atoms with E-state index in [1.165, 1.54) is 53.0 Å². The van der Waals surface area contributed by atoms with Gasteiger partial charge in [0.05, 0.1) is 0 Å². The van der Waals surface area contributed by atoms with E-state index in [0.717, 1.165) is 75.7 Å². The van der Waals surface area contributed by atoms with Crippen LogP contribution in [0.3, 0.4) is 0 Å². The maximum absolute atomic E-state index is 12.3. The van der Waals surface area contributed by atoms with E-state index in [9.17, 15) is 19.5 Å². The van der Waals surface area contributed by atoms with E-state index in [1.807, 2.05) is 25.2 Å². The third kappa shape index (κ3) is 8.27. The monoisotopic (exact) mass is 739 g/mol. The Labute approximate surface area is 324 Å². The van der Waals surface area contributed by atoms with E-state index in [0.29, 0.717) is 30.9 Å². The van der Waals surface area contributed by atoms with Crippen molar-refractivity contribution in [1.82, 2.24) is 15.1 Å². The molecule has 2 unspecified atom stereocenters. The average Bonchev–Trinajstić information content (AvgIpc) is 3.50. The van der Waals surface area contributed by atoms with Crippen LogP contribution in [0.5, 0.6) is 5.75 Å². The lowest BCUT2D eigenvalue weighted by atomic mass is 9.69. The van der Waals surface area contributed by atoms with Gasteiger partial charge in [-0.1, -0.05) is 48.5 Å². The zero-order valence-electron chi connectivity index (χ0n) is 32.0. The first-order valence-corrected chi connectivity index (χ1v) is 20.2. The number of aromatic hydroxyl groups is 1. The molecule has 1 aliphatic carbocycles. The van der Waals surface area contributed by atoms with E-state index < -0.39 is 0 Å². The van der Waals surface area contributed by atoms with Gasteiger partial charge in [0.2, 0.25) is 11.8 Å². The van der Waals surface area contributed by atoms with Gasteiger partial charge in [0.25, 0.3) is 5.91 Å². The fourth-order valence-electron chi connectivity index (χ4n) is 9.44. The molecule has 4 aromatic carbocycles. The standard InChI is InChI=1S/C41H46N4O2.C5H7NO2/c1-42-28-33-25-35(12-15-39(33)41(42)47)45-23-21-43(22-24-45)27-29-17-19-44(20-18-29)34-10-7-31(8-11-34)40-37(30-5-3-2-4-6-30)14-9-32-26-36(46)13-16-38(32)40;7-4-2-1-3-5(8)6-4/h2-8,10-13,15-16,25-26,29,37,40,46H,9,14,17-24,27-28H2,1H3;1-3H2,(H,6,7,8). The molecule has 0 aromatic heterocycles. The molecular formula is C46H53N5O4. The molecule has 286 valence electrons. The smallest absolute Gasteiger partial charge is 0.254 e. The van der Waals surface area contributed by atoms with Gasteiger partial charge < -0.3 is 19.8 Å². The van der Waals surface area contributed by atoms with Crippen LogP contribution < -0.4 is 15.1 Å². The Balaban J connectivity index is 0.000000477. The number of piperazine rings is 1. The number of rotatable bonds is 6. The minimum absolute atomic E-state index is 0.138. The predicted octanol–water partition coefficient (Wildman–Crippen LogP) is 6.69. The van der Waals surface area contributed by atoms with Gasteiger partial charge >= 0.3 is 0 Å². The quantitative estimate of drug-likeness (QED) is 0.213. The van der Waals surface area contributed by atoms with Crippen LogP contribution in [0.4, 0.5) is 11.4 Å². The summed E-state index contributed by atoms with van der Waals surface area (Å²) >= 11 is 0. The molecule has 55 heavy (non-hydrogen) atoms. The van der Waals surface area contributed by atoms with Crippen LogP contribution in [-0.2, 0) is 22.6 Å². The number of nitrogens with zero attached hydrogens (tertiary/aromatic N) is 4. The molecule has 3 amide bonds. The number of phenolic OH excluding ortho intramolecular Hbond substituents is 1. The summed E-state index contributed by atoms with van der Waals surface area (Å²) in [5.41, 5.74) is 10.0. The zero-order valence-corrected chi connectivity index (χ0v) is 32.0. The molecule has 2 atom stereocenters. The predicted molar refractivity (Wildman–Crippen MR) is 217 cm³/mol. The minimum atomic E-state index is -0.138. The van der Waals surface area contributed by atoms with Crippen LogP contribution in [0.1, 0.15) is 88.5 Å². The number of imide groups is 1. The van der Waals surface area contributed by atoms with Crippen molar-refractivity contribution in [3.63, 3.8) is 0 Å². The van der Waals surface area contributed by atoms with E-state index in [1.54, 1.807) is 4.90 Å². The number of carbonyl (C=O) groups excluding carboxylic acids is 3. The molecular weight excluding hydrogens is 687 g/mol. The maximum Gasteiger partial charge on any atom is 0.254 e. The molecule has 4 aliphatic heterocycles. The van der Waals surface area contributed by atoms with Crippen LogP contribution in [0.2, 0.25) is 0 Å². The third-order valence-corrected chi connectivity index (χ3v) is 12.5. The van der Waals surface area contributed by atoms with E-state index in [2.05, 4.69) is 92.8 Å². The summed E-state index contributed by atoms with van der Waals surface area (Å²) in [6.07, 6.45) is 6.29. The number of aryl methyl sites for hydroxylation is 1. The van der Waals surface area contributed by atoms with Crippen molar-refractivity contribution in [3.8, 4) is 5.75 Å². The van der Waals surface area contributed by atoms with Crippen molar-refractivity contribution in [2.24, 2.45) is 5.92 Å². The number of hydrogen-bond donors (Lipinski definition) is 2. The maximum atomic E-state index is 12.3. The second kappa shape index (κ2) is 16.3. The van der Waals surface area contributed by atoms with Crippen LogP contribution in [0.15, 0.2) is 91.0 Å². The van der Waals surface area contributed by atoms with Gasteiger partial charge in [-0.2, -0.15) is 0 Å². The number of phenols is 1. The zero-order chi connectivity index (χ0) is 37.9. The Bertz CT molecular complexity index is 1990. The van der Waals surface area contributed by atoms with E-state index in [4.69, 9.17) is 0 Å². The highest BCUT2D eigenvalue weighted by molar-refractivity contribution is 5.98. The lowest BCUT2D eigenvalue weighted by Gasteiger charge is -2.40. The van der Waals surface area contributed by atoms with E-state index >= 15 is 0 Å². The average molecular weight is 740 g/mol. The number of anilines is 2. The summed E-state index contributed by atoms with van der Waals surface area (Å²) in [5.74, 6) is 1.70. The molecule has 3 fully saturated rings. The Hall–Kier alpha value is -5.15. The molecule has 0 bridgehead atoms. The van der Waals surface area contributed by atoms with Crippen molar-refractivity contribution in [1.29, 1.82) is 0 Å². The summed E-state index contributed by atoms with van der Waals surface area (Å²) < 4.78 is 0. The highest BCUT2D eigenvalue weighted by atomic mass is 16.3. The van der Waals surface area contributed by atoms with Gasteiger partial charge in [-0.05, 0) is 114 Å². The molecule has 4 heterocycles. The first kappa shape index (κ1) is 36.8. The number of benzene rings is 4. The number of nitrogens with one attached hydrogen (secondary N) is 1. The van der Waals surface area contributed by atoms with Crippen LogP contribution in [-0.4, -0.2) is 85.5 Å².